The molecular weight excluding hydrogens is 284 g/mol. The molecule has 3 aromatic rings. The van der Waals surface area contributed by atoms with Gasteiger partial charge in [-0.15, -0.1) is 11.3 Å². The second-order valence-corrected chi connectivity index (χ2v) is 6.29. The van der Waals surface area contributed by atoms with E-state index in [2.05, 4.69) is 4.98 Å². The lowest BCUT2D eigenvalue weighted by molar-refractivity contribution is 0.115. The van der Waals surface area contributed by atoms with Gasteiger partial charge in [0.15, 0.2) is 4.96 Å². The fraction of sp³-hybridized carbons (Fsp3) is 0.312. The van der Waals surface area contributed by atoms with Crippen LogP contribution in [0.2, 0.25) is 0 Å². The molecule has 0 atom stereocenters. The van der Waals surface area contributed by atoms with Gasteiger partial charge in [0.2, 0.25) is 0 Å². The standard InChI is InChI=1S/C16H18N2O2S/c1-12-4-2-3-5-14(12)16(10-19,11-20)8-13-9-18-6-7-21-15(18)17-13/h2-7,9,19-20H,8,10-11H2,1H3. The number of hydrogen-bond acceptors (Lipinski definition) is 4. The van der Waals surface area contributed by atoms with E-state index in [0.717, 1.165) is 21.8 Å². The van der Waals surface area contributed by atoms with E-state index in [0.29, 0.717) is 6.42 Å². The predicted molar refractivity (Wildman–Crippen MR) is 83.8 cm³/mol. The summed E-state index contributed by atoms with van der Waals surface area (Å²) >= 11 is 1.58. The van der Waals surface area contributed by atoms with Crippen LogP contribution in [0.25, 0.3) is 4.96 Å². The number of nitrogens with zero attached hydrogens (tertiary/aromatic N) is 2. The van der Waals surface area contributed by atoms with Gasteiger partial charge in [-0.05, 0) is 18.1 Å². The molecule has 0 fully saturated rings. The molecule has 0 amide bonds. The zero-order valence-electron chi connectivity index (χ0n) is 11.9. The summed E-state index contributed by atoms with van der Waals surface area (Å²) in [5.41, 5.74) is 2.23. The molecule has 0 aliphatic heterocycles. The summed E-state index contributed by atoms with van der Waals surface area (Å²) in [5.74, 6) is 0. The highest BCUT2D eigenvalue weighted by Crippen LogP contribution is 2.30. The number of aliphatic hydroxyl groups is 2. The van der Waals surface area contributed by atoms with Gasteiger partial charge in [-0.3, -0.25) is 4.40 Å². The highest BCUT2D eigenvalue weighted by molar-refractivity contribution is 7.15. The molecule has 110 valence electrons. The minimum atomic E-state index is -0.699. The van der Waals surface area contributed by atoms with Gasteiger partial charge in [0.05, 0.1) is 18.9 Å². The Morgan fingerprint density at radius 3 is 2.67 bits per heavy atom. The Bertz CT molecular complexity index is 715. The molecule has 4 nitrogen and oxygen atoms in total. The quantitative estimate of drug-likeness (QED) is 0.759. The normalized spacial score (nSPS) is 12.1. The van der Waals surface area contributed by atoms with E-state index in [9.17, 15) is 10.2 Å². The molecule has 0 aliphatic carbocycles. The Balaban J connectivity index is 2.01. The van der Waals surface area contributed by atoms with Crippen LogP contribution in [0.5, 0.6) is 0 Å². The minimum Gasteiger partial charge on any atom is -0.395 e. The molecule has 0 unspecified atom stereocenters. The molecule has 21 heavy (non-hydrogen) atoms. The third kappa shape index (κ3) is 2.48. The van der Waals surface area contributed by atoms with Crippen molar-refractivity contribution in [3.63, 3.8) is 0 Å². The zero-order valence-corrected chi connectivity index (χ0v) is 12.7. The average Bonchev–Trinajstić information content (AvgIpc) is 3.07. The predicted octanol–water partition coefficient (Wildman–Crippen LogP) is 2.17. The zero-order chi connectivity index (χ0) is 14.9. The number of fused-ring (bicyclic) bond motifs is 1. The number of thiazole rings is 1. The van der Waals surface area contributed by atoms with Crippen molar-refractivity contribution in [3.8, 4) is 0 Å². The fourth-order valence-corrected chi connectivity index (χ4v) is 3.52. The number of aryl methyl sites for hydroxylation is 1. The Hall–Kier alpha value is -1.69. The minimum absolute atomic E-state index is 0.112. The van der Waals surface area contributed by atoms with Crippen LogP contribution < -0.4 is 0 Å². The van der Waals surface area contributed by atoms with Crippen LogP contribution in [0.15, 0.2) is 42.0 Å². The topological polar surface area (TPSA) is 57.8 Å². The van der Waals surface area contributed by atoms with Crippen LogP contribution in [-0.4, -0.2) is 32.8 Å². The lowest BCUT2D eigenvalue weighted by atomic mass is 9.76. The van der Waals surface area contributed by atoms with Crippen molar-refractivity contribution in [2.24, 2.45) is 0 Å². The van der Waals surface area contributed by atoms with E-state index in [1.165, 1.54) is 0 Å². The van der Waals surface area contributed by atoms with Crippen LogP contribution in [0.1, 0.15) is 16.8 Å². The maximum Gasteiger partial charge on any atom is 0.193 e. The van der Waals surface area contributed by atoms with E-state index >= 15 is 0 Å². The molecule has 0 saturated carbocycles. The Labute approximate surface area is 127 Å². The maximum absolute atomic E-state index is 9.95. The van der Waals surface area contributed by atoms with Crippen LogP contribution in [0.4, 0.5) is 0 Å². The summed E-state index contributed by atoms with van der Waals surface area (Å²) in [7, 11) is 0. The van der Waals surface area contributed by atoms with Gasteiger partial charge in [-0.2, -0.15) is 0 Å². The molecule has 3 rings (SSSR count). The van der Waals surface area contributed by atoms with Gasteiger partial charge in [-0.25, -0.2) is 4.98 Å². The summed E-state index contributed by atoms with van der Waals surface area (Å²) in [6.45, 7) is 1.78. The lowest BCUT2D eigenvalue weighted by Gasteiger charge is -2.31. The van der Waals surface area contributed by atoms with Crippen molar-refractivity contribution < 1.29 is 10.2 Å². The van der Waals surface area contributed by atoms with E-state index < -0.39 is 5.41 Å². The van der Waals surface area contributed by atoms with Crippen LogP contribution in [-0.2, 0) is 11.8 Å². The second kappa shape index (κ2) is 5.60. The summed E-state index contributed by atoms with van der Waals surface area (Å²) in [4.78, 5) is 5.50. The fourth-order valence-electron chi connectivity index (χ4n) is 2.80. The lowest BCUT2D eigenvalue weighted by Crippen LogP contribution is -2.38. The first kappa shape index (κ1) is 14.3. The summed E-state index contributed by atoms with van der Waals surface area (Å²) in [6, 6.07) is 7.88. The van der Waals surface area contributed by atoms with Crippen molar-refractivity contribution in [1.29, 1.82) is 0 Å². The van der Waals surface area contributed by atoms with Crippen molar-refractivity contribution in [2.45, 2.75) is 18.8 Å². The second-order valence-electron chi connectivity index (χ2n) is 5.41. The average molecular weight is 302 g/mol. The van der Waals surface area contributed by atoms with Gasteiger partial charge >= 0.3 is 0 Å². The van der Waals surface area contributed by atoms with Gasteiger partial charge in [-0.1, -0.05) is 24.3 Å². The molecule has 1 aromatic carbocycles. The van der Waals surface area contributed by atoms with Gasteiger partial charge in [0.25, 0.3) is 0 Å². The Morgan fingerprint density at radius 2 is 2.00 bits per heavy atom. The highest BCUT2D eigenvalue weighted by Gasteiger charge is 2.33. The molecule has 2 aromatic heterocycles. The monoisotopic (exact) mass is 302 g/mol. The largest absolute Gasteiger partial charge is 0.395 e. The molecule has 0 spiro atoms. The third-order valence-corrected chi connectivity index (χ3v) is 4.76. The number of aromatic nitrogens is 2. The first-order valence-electron chi connectivity index (χ1n) is 6.87. The molecule has 2 N–H and O–H groups in total. The Morgan fingerprint density at radius 1 is 1.24 bits per heavy atom. The van der Waals surface area contributed by atoms with E-state index in [4.69, 9.17) is 0 Å². The molecule has 5 heteroatoms. The first-order chi connectivity index (χ1) is 10.2. The number of rotatable bonds is 5. The molecular formula is C16H18N2O2S. The third-order valence-electron chi connectivity index (χ3n) is 3.98. The molecule has 0 bridgehead atoms. The van der Waals surface area contributed by atoms with Crippen LogP contribution >= 0.6 is 11.3 Å². The highest BCUT2D eigenvalue weighted by atomic mass is 32.1. The maximum atomic E-state index is 9.95. The van der Waals surface area contributed by atoms with Crippen molar-refractivity contribution in [1.82, 2.24) is 9.38 Å². The number of hydrogen-bond donors (Lipinski definition) is 2. The van der Waals surface area contributed by atoms with Crippen LogP contribution in [0.3, 0.4) is 0 Å². The summed E-state index contributed by atoms with van der Waals surface area (Å²) < 4.78 is 1.97. The van der Waals surface area contributed by atoms with E-state index in [-0.39, 0.29) is 13.2 Å². The molecule has 0 saturated heterocycles. The van der Waals surface area contributed by atoms with Gasteiger partial charge in [0.1, 0.15) is 0 Å². The summed E-state index contributed by atoms with van der Waals surface area (Å²) in [6.07, 6.45) is 4.44. The Kier molecular flexibility index (Phi) is 3.80. The van der Waals surface area contributed by atoms with E-state index in [1.54, 1.807) is 11.3 Å². The molecule has 2 heterocycles. The number of aliphatic hydroxyl groups excluding tert-OH is 2. The summed E-state index contributed by atoms with van der Waals surface area (Å²) in [5, 5.41) is 21.9. The smallest absolute Gasteiger partial charge is 0.193 e. The van der Waals surface area contributed by atoms with Crippen molar-refractivity contribution in [2.75, 3.05) is 13.2 Å². The van der Waals surface area contributed by atoms with Crippen molar-refractivity contribution >= 4 is 16.3 Å². The first-order valence-corrected chi connectivity index (χ1v) is 7.75. The van der Waals surface area contributed by atoms with Gasteiger partial charge in [0, 0.05) is 29.6 Å². The van der Waals surface area contributed by atoms with Gasteiger partial charge < -0.3 is 10.2 Å². The van der Waals surface area contributed by atoms with Crippen molar-refractivity contribution in [3.05, 3.63) is 58.9 Å². The molecule has 0 aliphatic rings. The number of imidazole rings is 1. The number of benzene rings is 1. The SMILES string of the molecule is Cc1ccccc1C(CO)(CO)Cc1cn2ccsc2n1. The van der Waals surface area contributed by atoms with E-state index in [1.807, 2.05) is 53.4 Å². The molecule has 0 radical (unpaired) electrons. The van der Waals surface area contributed by atoms with Crippen LogP contribution in [0, 0.1) is 6.92 Å².